The Kier molecular flexibility index (Phi) is 5.57. The van der Waals surface area contributed by atoms with E-state index in [-0.39, 0.29) is 13.0 Å². The molecule has 1 aromatic rings. The summed E-state index contributed by atoms with van der Waals surface area (Å²) in [6.45, 7) is 1.87. The highest BCUT2D eigenvalue weighted by Gasteiger charge is 2.20. The first-order valence-corrected chi connectivity index (χ1v) is 6.05. The van der Waals surface area contributed by atoms with Gasteiger partial charge < -0.3 is 15.5 Å². The molecule has 0 aromatic heterocycles. The Labute approximate surface area is 114 Å². The molecule has 0 bridgehead atoms. The lowest BCUT2D eigenvalue weighted by Gasteiger charge is -2.10. The molecule has 0 radical (unpaired) electrons. The SMILES string of the molecule is CCC(O)CCNC(=O)c1cc(F)c(F)cc1C(=O)O. The molecular formula is C13H15F2NO4. The number of aliphatic hydroxyl groups excluding tert-OH is 1. The third-order valence-electron chi connectivity index (χ3n) is 2.77. The Bertz CT molecular complexity index is 519. The van der Waals surface area contributed by atoms with E-state index in [1.807, 2.05) is 0 Å². The lowest BCUT2D eigenvalue weighted by molar-refractivity contribution is 0.0689. The summed E-state index contributed by atoms with van der Waals surface area (Å²) in [7, 11) is 0. The van der Waals surface area contributed by atoms with Gasteiger partial charge in [-0.2, -0.15) is 0 Å². The molecule has 7 heteroatoms. The van der Waals surface area contributed by atoms with Crippen molar-refractivity contribution in [3.63, 3.8) is 0 Å². The fourth-order valence-electron chi connectivity index (χ4n) is 1.56. The largest absolute Gasteiger partial charge is 0.478 e. The fraction of sp³-hybridized carbons (Fsp3) is 0.385. The van der Waals surface area contributed by atoms with Crippen LogP contribution >= 0.6 is 0 Å². The average Bonchev–Trinajstić information content (AvgIpc) is 2.40. The highest BCUT2D eigenvalue weighted by Crippen LogP contribution is 2.15. The number of halogens is 2. The van der Waals surface area contributed by atoms with Gasteiger partial charge in [0.05, 0.1) is 17.2 Å². The minimum Gasteiger partial charge on any atom is -0.478 e. The van der Waals surface area contributed by atoms with Crippen LogP contribution in [0.2, 0.25) is 0 Å². The van der Waals surface area contributed by atoms with Crippen LogP contribution < -0.4 is 5.32 Å². The normalized spacial score (nSPS) is 12.0. The molecule has 0 saturated carbocycles. The number of aliphatic hydroxyl groups is 1. The summed E-state index contributed by atoms with van der Waals surface area (Å²) in [4.78, 5) is 22.7. The smallest absolute Gasteiger partial charge is 0.336 e. The fourth-order valence-corrected chi connectivity index (χ4v) is 1.56. The van der Waals surface area contributed by atoms with Crippen LogP contribution in [0.1, 0.15) is 40.5 Å². The van der Waals surface area contributed by atoms with E-state index < -0.39 is 40.7 Å². The Morgan fingerprint density at radius 2 is 1.80 bits per heavy atom. The van der Waals surface area contributed by atoms with Crippen LogP contribution in [0.3, 0.4) is 0 Å². The zero-order chi connectivity index (χ0) is 15.3. The number of nitrogens with one attached hydrogen (secondary N) is 1. The first-order valence-electron chi connectivity index (χ1n) is 6.05. The summed E-state index contributed by atoms with van der Waals surface area (Å²) in [5.41, 5.74) is -1.07. The van der Waals surface area contributed by atoms with Crippen molar-refractivity contribution in [2.75, 3.05) is 6.54 Å². The van der Waals surface area contributed by atoms with Crippen LogP contribution in [0.5, 0.6) is 0 Å². The monoisotopic (exact) mass is 287 g/mol. The standard InChI is InChI=1S/C13H15F2NO4/c1-2-7(17)3-4-16-12(18)8-5-10(14)11(15)6-9(8)13(19)20/h5-7,17H,2-4H2,1H3,(H,16,18)(H,19,20). The van der Waals surface area contributed by atoms with Gasteiger partial charge in [0.25, 0.3) is 5.91 Å². The van der Waals surface area contributed by atoms with E-state index >= 15 is 0 Å². The molecule has 1 unspecified atom stereocenters. The van der Waals surface area contributed by atoms with Crippen molar-refractivity contribution in [1.29, 1.82) is 0 Å². The molecule has 0 aliphatic carbocycles. The Morgan fingerprint density at radius 1 is 1.25 bits per heavy atom. The van der Waals surface area contributed by atoms with Crippen molar-refractivity contribution >= 4 is 11.9 Å². The summed E-state index contributed by atoms with van der Waals surface area (Å²) in [6, 6.07) is 1.01. The van der Waals surface area contributed by atoms with E-state index in [0.717, 1.165) is 0 Å². The highest BCUT2D eigenvalue weighted by molar-refractivity contribution is 6.04. The number of amides is 1. The lowest BCUT2D eigenvalue weighted by Crippen LogP contribution is -2.28. The number of rotatable bonds is 6. The first-order chi connectivity index (χ1) is 9.36. The summed E-state index contributed by atoms with van der Waals surface area (Å²) >= 11 is 0. The van der Waals surface area contributed by atoms with Crippen molar-refractivity contribution in [3.8, 4) is 0 Å². The van der Waals surface area contributed by atoms with Gasteiger partial charge in [-0.25, -0.2) is 13.6 Å². The second-order valence-corrected chi connectivity index (χ2v) is 4.22. The highest BCUT2D eigenvalue weighted by atomic mass is 19.2. The van der Waals surface area contributed by atoms with E-state index in [2.05, 4.69) is 5.32 Å². The minimum atomic E-state index is -1.53. The van der Waals surface area contributed by atoms with Crippen LogP contribution in [-0.4, -0.2) is 34.7 Å². The number of carboxylic acid groups (broad SMARTS) is 1. The molecule has 5 nitrogen and oxygen atoms in total. The predicted molar refractivity (Wildman–Crippen MR) is 66.6 cm³/mol. The van der Waals surface area contributed by atoms with E-state index in [9.17, 15) is 23.5 Å². The van der Waals surface area contributed by atoms with Crippen molar-refractivity contribution in [2.45, 2.75) is 25.9 Å². The molecule has 1 atom stereocenters. The zero-order valence-corrected chi connectivity index (χ0v) is 10.8. The number of carbonyl (C=O) groups is 2. The molecule has 1 aromatic carbocycles. The molecule has 0 aliphatic rings. The maximum atomic E-state index is 13.1. The van der Waals surface area contributed by atoms with Crippen molar-refractivity contribution < 1.29 is 28.6 Å². The first kappa shape index (κ1) is 16.0. The zero-order valence-electron chi connectivity index (χ0n) is 10.8. The molecule has 0 fully saturated rings. The van der Waals surface area contributed by atoms with Crippen molar-refractivity contribution in [3.05, 3.63) is 34.9 Å². The molecule has 0 saturated heterocycles. The minimum absolute atomic E-state index is 0.103. The van der Waals surface area contributed by atoms with Gasteiger partial charge in [0.2, 0.25) is 0 Å². The van der Waals surface area contributed by atoms with Gasteiger partial charge in [-0.3, -0.25) is 4.79 Å². The quantitative estimate of drug-likeness (QED) is 0.741. The summed E-state index contributed by atoms with van der Waals surface area (Å²) in [5, 5.41) is 20.5. The van der Waals surface area contributed by atoms with Gasteiger partial charge >= 0.3 is 5.97 Å². The van der Waals surface area contributed by atoms with Crippen LogP contribution in [0.15, 0.2) is 12.1 Å². The Morgan fingerprint density at radius 3 is 2.30 bits per heavy atom. The lowest BCUT2D eigenvalue weighted by atomic mass is 10.1. The third-order valence-corrected chi connectivity index (χ3v) is 2.77. The maximum absolute atomic E-state index is 13.1. The molecule has 0 heterocycles. The maximum Gasteiger partial charge on any atom is 0.336 e. The number of hydrogen-bond acceptors (Lipinski definition) is 3. The van der Waals surface area contributed by atoms with Crippen LogP contribution in [-0.2, 0) is 0 Å². The van der Waals surface area contributed by atoms with E-state index in [1.54, 1.807) is 6.92 Å². The Balaban J connectivity index is 2.86. The van der Waals surface area contributed by atoms with Crippen molar-refractivity contribution in [2.24, 2.45) is 0 Å². The average molecular weight is 287 g/mol. The molecule has 3 N–H and O–H groups in total. The molecule has 20 heavy (non-hydrogen) atoms. The summed E-state index contributed by atoms with van der Waals surface area (Å²) < 4.78 is 26.1. The number of benzene rings is 1. The molecule has 1 rings (SSSR count). The number of carboxylic acids is 1. The van der Waals surface area contributed by atoms with E-state index in [0.29, 0.717) is 18.6 Å². The molecule has 1 amide bonds. The summed E-state index contributed by atoms with van der Waals surface area (Å²) in [6.07, 6.45) is 0.217. The second-order valence-electron chi connectivity index (χ2n) is 4.22. The molecule has 110 valence electrons. The summed E-state index contributed by atoms with van der Waals surface area (Å²) in [5.74, 6) is -4.98. The van der Waals surface area contributed by atoms with Gasteiger partial charge in [0.1, 0.15) is 0 Å². The predicted octanol–water partition coefficient (Wildman–Crippen LogP) is 1.55. The Hall–Kier alpha value is -2.02. The number of hydrogen-bond donors (Lipinski definition) is 3. The van der Waals surface area contributed by atoms with E-state index in [4.69, 9.17) is 5.11 Å². The topological polar surface area (TPSA) is 86.6 Å². The van der Waals surface area contributed by atoms with Crippen molar-refractivity contribution in [1.82, 2.24) is 5.32 Å². The van der Waals surface area contributed by atoms with Crippen LogP contribution in [0.25, 0.3) is 0 Å². The van der Waals surface area contributed by atoms with Gasteiger partial charge in [-0.15, -0.1) is 0 Å². The molecule has 0 spiro atoms. The van der Waals surface area contributed by atoms with Gasteiger partial charge in [0.15, 0.2) is 11.6 Å². The molecule has 0 aliphatic heterocycles. The van der Waals surface area contributed by atoms with Gasteiger partial charge in [-0.05, 0) is 25.0 Å². The van der Waals surface area contributed by atoms with E-state index in [1.165, 1.54) is 0 Å². The van der Waals surface area contributed by atoms with Crippen LogP contribution in [0.4, 0.5) is 8.78 Å². The number of aromatic carboxylic acids is 1. The molecular weight excluding hydrogens is 272 g/mol. The number of carbonyl (C=O) groups excluding carboxylic acids is 1. The van der Waals surface area contributed by atoms with Crippen LogP contribution in [0, 0.1) is 11.6 Å². The third kappa shape index (κ3) is 3.99. The van der Waals surface area contributed by atoms with Gasteiger partial charge in [-0.1, -0.05) is 6.92 Å². The second kappa shape index (κ2) is 6.95. The van der Waals surface area contributed by atoms with Gasteiger partial charge in [0, 0.05) is 6.54 Å².